The number of hydrogen-bond donors (Lipinski definition) is 2. The number of likely N-dealkylation sites (tertiary alicyclic amines) is 1. The van der Waals surface area contributed by atoms with Gasteiger partial charge in [-0.05, 0) is 30.7 Å². The number of carboxylic acid groups (broad SMARTS) is 1. The minimum Gasteiger partial charge on any atom is -0.481 e. The zero-order valence-electron chi connectivity index (χ0n) is 13.3. The number of rotatable bonds is 7. The van der Waals surface area contributed by atoms with Gasteiger partial charge in [0.2, 0.25) is 0 Å². The molecule has 5 nitrogen and oxygen atoms in total. The molecule has 0 spiro atoms. The van der Waals surface area contributed by atoms with Gasteiger partial charge in [-0.25, -0.2) is 0 Å². The van der Waals surface area contributed by atoms with Crippen LogP contribution in [-0.4, -0.2) is 39.3 Å². The van der Waals surface area contributed by atoms with Crippen molar-refractivity contribution in [3.63, 3.8) is 0 Å². The molecule has 2 N–H and O–H groups in total. The fourth-order valence-electron chi connectivity index (χ4n) is 3.29. The van der Waals surface area contributed by atoms with Crippen LogP contribution < -0.4 is 0 Å². The van der Waals surface area contributed by atoms with Gasteiger partial charge in [0, 0.05) is 25.3 Å². The van der Waals surface area contributed by atoms with Crippen molar-refractivity contribution in [2.75, 3.05) is 13.1 Å². The Labute approximate surface area is 126 Å². The van der Waals surface area contributed by atoms with Crippen LogP contribution in [0.15, 0.2) is 6.07 Å². The van der Waals surface area contributed by atoms with Crippen LogP contribution in [0.2, 0.25) is 0 Å². The zero-order chi connectivity index (χ0) is 15.4. The van der Waals surface area contributed by atoms with Crippen molar-refractivity contribution >= 4 is 5.97 Å². The molecule has 0 saturated carbocycles. The van der Waals surface area contributed by atoms with Crippen molar-refractivity contribution in [2.24, 2.45) is 17.8 Å². The van der Waals surface area contributed by atoms with Gasteiger partial charge in [0.1, 0.15) is 0 Å². The summed E-state index contributed by atoms with van der Waals surface area (Å²) in [7, 11) is 0. The van der Waals surface area contributed by atoms with E-state index < -0.39 is 5.97 Å². The third kappa shape index (κ3) is 4.30. The van der Waals surface area contributed by atoms with Crippen molar-refractivity contribution in [1.82, 2.24) is 15.1 Å². The standard InChI is InChI=1S/C16H27N3O2/c1-4-5-12-8-19(10-15(12)16(20)21)9-14-7-13(17-18-14)6-11(2)3/h7,11-12,15H,4-6,8-10H2,1-3H3,(H,17,18)(H,20,21)/t12-,15-/m0/s1. The quantitative estimate of drug-likeness (QED) is 0.810. The molecule has 21 heavy (non-hydrogen) atoms. The number of carbonyl (C=O) groups is 1. The molecule has 0 bridgehead atoms. The summed E-state index contributed by atoms with van der Waals surface area (Å²) in [6, 6.07) is 2.11. The molecular weight excluding hydrogens is 266 g/mol. The van der Waals surface area contributed by atoms with Crippen LogP contribution >= 0.6 is 0 Å². The maximum atomic E-state index is 11.4. The zero-order valence-corrected chi connectivity index (χ0v) is 13.3. The van der Waals surface area contributed by atoms with Crippen LogP contribution in [0.1, 0.15) is 45.0 Å². The molecule has 0 amide bonds. The Hall–Kier alpha value is -1.36. The van der Waals surface area contributed by atoms with E-state index >= 15 is 0 Å². The molecule has 1 aromatic heterocycles. The normalized spacial score (nSPS) is 23.0. The van der Waals surface area contributed by atoms with Crippen LogP contribution in [0, 0.1) is 17.8 Å². The largest absolute Gasteiger partial charge is 0.481 e. The molecule has 0 unspecified atom stereocenters. The SMILES string of the molecule is CCC[C@H]1CN(Cc2cc(CC(C)C)n[nH]2)C[C@@H]1C(=O)O. The van der Waals surface area contributed by atoms with E-state index in [0.717, 1.165) is 43.7 Å². The Kier molecular flexibility index (Phi) is 5.39. The van der Waals surface area contributed by atoms with Crippen LogP contribution in [0.25, 0.3) is 0 Å². The smallest absolute Gasteiger partial charge is 0.308 e. The second-order valence-electron chi connectivity index (χ2n) is 6.67. The first-order valence-corrected chi connectivity index (χ1v) is 7.97. The monoisotopic (exact) mass is 293 g/mol. The highest BCUT2D eigenvalue weighted by Gasteiger charge is 2.36. The Morgan fingerprint density at radius 1 is 1.52 bits per heavy atom. The first-order valence-electron chi connectivity index (χ1n) is 7.97. The summed E-state index contributed by atoms with van der Waals surface area (Å²) in [4.78, 5) is 13.6. The number of H-pyrrole nitrogens is 1. The maximum Gasteiger partial charge on any atom is 0.308 e. The molecule has 1 saturated heterocycles. The summed E-state index contributed by atoms with van der Waals surface area (Å²) in [5.74, 6) is 0.00730. The van der Waals surface area contributed by atoms with Crippen molar-refractivity contribution in [1.29, 1.82) is 0 Å². The molecule has 1 aliphatic rings. The van der Waals surface area contributed by atoms with Crippen molar-refractivity contribution in [3.8, 4) is 0 Å². The highest BCUT2D eigenvalue weighted by molar-refractivity contribution is 5.71. The molecule has 0 aromatic carbocycles. The Bertz CT molecular complexity index is 470. The topological polar surface area (TPSA) is 69.2 Å². The molecule has 5 heteroatoms. The summed E-state index contributed by atoms with van der Waals surface area (Å²) in [6.07, 6.45) is 3.02. The summed E-state index contributed by atoms with van der Waals surface area (Å²) < 4.78 is 0. The predicted octanol–water partition coefficient (Wildman–Crippen LogP) is 2.54. The Morgan fingerprint density at radius 2 is 2.29 bits per heavy atom. The molecule has 118 valence electrons. The average molecular weight is 293 g/mol. The van der Waals surface area contributed by atoms with E-state index in [1.165, 1.54) is 0 Å². The molecular formula is C16H27N3O2. The first-order chi connectivity index (χ1) is 9.99. The maximum absolute atomic E-state index is 11.4. The molecule has 1 aliphatic heterocycles. The number of aromatic nitrogens is 2. The number of nitrogens with zero attached hydrogens (tertiary/aromatic N) is 2. The fourth-order valence-corrected chi connectivity index (χ4v) is 3.29. The van der Waals surface area contributed by atoms with E-state index in [9.17, 15) is 9.90 Å². The van der Waals surface area contributed by atoms with E-state index in [-0.39, 0.29) is 11.8 Å². The van der Waals surface area contributed by atoms with Gasteiger partial charge in [0.15, 0.2) is 0 Å². The third-order valence-electron chi connectivity index (χ3n) is 4.19. The number of hydrogen-bond acceptors (Lipinski definition) is 3. The lowest BCUT2D eigenvalue weighted by molar-refractivity contribution is -0.142. The van der Waals surface area contributed by atoms with E-state index in [4.69, 9.17) is 0 Å². The van der Waals surface area contributed by atoms with Crippen LogP contribution in [0.4, 0.5) is 0 Å². The lowest BCUT2D eigenvalue weighted by Gasteiger charge is -2.14. The van der Waals surface area contributed by atoms with Gasteiger partial charge in [-0.2, -0.15) is 5.10 Å². The highest BCUT2D eigenvalue weighted by Crippen LogP contribution is 2.28. The lowest BCUT2D eigenvalue weighted by atomic mass is 9.92. The Morgan fingerprint density at radius 3 is 2.90 bits per heavy atom. The summed E-state index contributed by atoms with van der Waals surface area (Å²) >= 11 is 0. The van der Waals surface area contributed by atoms with Gasteiger partial charge >= 0.3 is 5.97 Å². The highest BCUT2D eigenvalue weighted by atomic mass is 16.4. The molecule has 2 rings (SSSR count). The minimum absolute atomic E-state index is 0.219. The van der Waals surface area contributed by atoms with Crippen molar-refractivity contribution < 1.29 is 9.90 Å². The second kappa shape index (κ2) is 7.07. The van der Waals surface area contributed by atoms with Gasteiger partial charge in [0.05, 0.1) is 11.6 Å². The number of aliphatic carboxylic acids is 1. The van der Waals surface area contributed by atoms with E-state index in [2.05, 4.69) is 41.9 Å². The van der Waals surface area contributed by atoms with E-state index in [1.807, 2.05) is 0 Å². The fraction of sp³-hybridized carbons (Fsp3) is 0.750. The van der Waals surface area contributed by atoms with Gasteiger partial charge < -0.3 is 5.11 Å². The number of aromatic amines is 1. The summed E-state index contributed by atoms with van der Waals surface area (Å²) in [5.41, 5.74) is 2.19. The molecule has 2 atom stereocenters. The van der Waals surface area contributed by atoms with Gasteiger partial charge in [-0.3, -0.25) is 14.8 Å². The van der Waals surface area contributed by atoms with E-state index in [1.54, 1.807) is 0 Å². The van der Waals surface area contributed by atoms with E-state index in [0.29, 0.717) is 12.5 Å². The molecule has 1 aromatic rings. The minimum atomic E-state index is -0.652. The lowest BCUT2D eigenvalue weighted by Crippen LogP contribution is -2.23. The van der Waals surface area contributed by atoms with Crippen molar-refractivity contribution in [2.45, 2.75) is 46.6 Å². The van der Waals surface area contributed by atoms with Crippen molar-refractivity contribution in [3.05, 3.63) is 17.5 Å². The number of nitrogens with one attached hydrogen (secondary N) is 1. The number of carboxylic acids is 1. The van der Waals surface area contributed by atoms with Gasteiger partial charge in [-0.15, -0.1) is 0 Å². The second-order valence-corrected chi connectivity index (χ2v) is 6.67. The Balaban J connectivity index is 1.94. The van der Waals surface area contributed by atoms with Crippen LogP contribution in [-0.2, 0) is 17.8 Å². The molecule has 1 fully saturated rings. The predicted molar refractivity (Wildman–Crippen MR) is 81.9 cm³/mol. The van der Waals surface area contributed by atoms with Crippen LogP contribution in [0.5, 0.6) is 0 Å². The first kappa shape index (κ1) is 16.0. The average Bonchev–Trinajstić information content (AvgIpc) is 2.97. The third-order valence-corrected chi connectivity index (χ3v) is 4.19. The summed E-state index contributed by atoms with van der Waals surface area (Å²) in [6.45, 7) is 8.79. The molecule has 0 aliphatic carbocycles. The summed E-state index contributed by atoms with van der Waals surface area (Å²) in [5, 5.41) is 16.8. The van der Waals surface area contributed by atoms with Crippen LogP contribution in [0.3, 0.4) is 0 Å². The molecule has 2 heterocycles. The van der Waals surface area contributed by atoms with Gasteiger partial charge in [0.25, 0.3) is 0 Å². The molecule has 0 radical (unpaired) electrons. The van der Waals surface area contributed by atoms with Gasteiger partial charge in [-0.1, -0.05) is 27.2 Å².